The van der Waals surface area contributed by atoms with Gasteiger partial charge in [-0.2, -0.15) is 15.1 Å². The minimum absolute atomic E-state index is 0.101. The summed E-state index contributed by atoms with van der Waals surface area (Å²) >= 11 is 1.70. The lowest BCUT2D eigenvalue weighted by molar-refractivity contribution is 0.243. The van der Waals surface area contributed by atoms with E-state index < -0.39 is 6.17 Å². The molecule has 0 aliphatic carbocycles. The predicted octanol–water partition coefficient (Wildman–Crippen LogP) is 2.02. The van der Waals surface area contributed by atoms with Crippen LogP contribution in [0.5, 0.6) is 0 Å². The van der Waals surface area contributed by atoms with Gasteiger partial charge in [0.05, 0.1) is 11.6 Å². The van der Waals surface area contributed by atoms with Crippen molar-refractivity contribution in [2.24, 2.45) is 0 Å². The summed E-state index contributed by atoms with van der Waals surface area (Å²) in [5, 5.41) is 12.6. The number of rotatable bonds is 5. The number of nitrogens with zero attached hydrogens (tertiary/aromatic N) is 4. The zero-order valence-electron chi connectivity index (χ0n) is 12.9. The normalized spacial score (nSPS) is 21.5. The first-order chi connectivity index (χ1) is 11.7. The van der Waals surface area contributed by atoms with E-state index in [1.54, 1.807) is 17.5 Å². The molecule has 126 valence electrons. The van der Waals surface area contributed by atoms with Crippen LogP contribution in [0.1, 0.15) is 11.3 Å². The van der Waals surface area contributed by atoms with Crippen molar-refractivity contribution in [2.45, 2.75) is 25.2 Å². The number of likely N-dealkylation sites (tertiary alicyclic amines) is 1. The molecule has 0 saturated carbocycles. The Hall–Kier alpha value is -2.26. The van der Waals surface area contributed by atoms with Gasteiger partial charge in [-0.1, -0.05) is 6.07 Å². The number of thiophene rings is 1. The molecular formula is C15H18FN7S. The van der Waals surface area contributed by atoms with Crippen molar-refractivity contribution in [1.82, 2.24) is 25.1 Å². The van der Waals surface area contributed by atoms with Gasteiger partial charge in [0.1, 0.15) is 12.0 Å². The van der Waals surface area contributed by atoms with Crippen molar-refractivity contribution in [3.63, 3.8) is 0 Å². The summed E-state index contributed by atoms with van der Waals surface area (Å²) < 4.78 is 13.9. The number of nitrogen functional groups attached to an aromatic ring is 1. The number of fused-ring (bicyclic) bond motifs is 1. The quantitative estimate of drug-likeness (QED) is 0.653. The molecule has 0 aromatic carbocycles. The molecule has 1 fully saturated rings. The van der Waals surface area contributed by atoms with E-state index in [4.69, 9.17) is 5.73 Å². The minimum Gasteiger partial charge on any atom is -0.383 e. The summed E-state index contributed by atoms with van der Waals surface area (Å²) in [6.07, 6.45) is 1.32. The number of alkyl halides is 1. The van der Waals surface area contributed by atoms with Crippen molar-refractivity contribution in [1.29, 1.82) is 0 Å². The summed E-state index contributed by atoms with van der Waals surface area (Å²) in [4.78, 5) is 12.0. The number of hydrogen-bond acceptors (Lipinski definition) is 7. The molecule has 0 spiro atoms. The maximum absolute atomic E-state index is 13.9. The zero-order chi connectivity index (χ0) is 16.5. The summed E-state index contributed by atoms with van der Waals surface area (Å²) in [7, 11) is 0. The fourth-order valence-corrected chi connectivity index (χ4v) is 3.81. The Morgan fingerprint density at radius 2 is 2.38 bits per heavy atom. The van der Waals surface area contributed by atoms with Gasteiger partial charge in [0.2, 0.25) is 5.95 Å². The number of halogens is 1. The number of nitrogens with one attached hydrogen (secondary N) is 2. The lowest BCUT2D eigenvalue weighted by Gasteiger charge is -2.23. The highest BCUT2D eigenvalue weighted by atomic mass is 32.1. The number of H-pyrrole nitrogens is 1. The third-order valence-electron chi connectivity index (χ3n) is 4.25. The number of hydrogen-bond donors (Lipinski definition) is 3. The van der Waals surface area contributed by atoms with Gasteiger partial charge in [-0.15, -0.1) is 11.3 Å². The molecule has 1 saturated heterocycles. The molecule has 0 bridgehead atoms. The second-order valence-electron chi connectivity index (χ2n) is 5.94. The molecule has 2 atom stereocenters. The third kappa shape index (κ3) is 3.04. The Kier molecular flexibility index (Phi) is 4.03. The molecule has 24 heavy (non-hydrogen) atoms. The summed E-state index contributed by atoms with van der Waals surface area (Å²) in [6, 6.07) is 4.20. The SMILES string of the molecule is Nc1nc(NC[C@@H]2C[C@H](F)CN2Cc2cccs2)nc2[nH]ncc12. The predicted molar refractivity (Wildman–Crippen MR) is 92.6 cm³/mol. The molecule has 7 nitrogen and oxygen atoms in total. The monoisotopic (exact) mass is 347 g/mol. The number of anilines is 2. The molecule has 4 rings (SSSR count). The van der Waals surface area contributed by atoms with Gasteiger partial charge in [0.25, 0.3) is 0 Å². The largest absolute Gasteiger partial charge is 0.383 e. The van der Waals surface area contributed by atoms with Crippen molar-refractivity contribution >= 4 is 34.1 Å². The molecule has 9 heteroatoms. The number of aromatic amines is 1. The van der Waals surface area contributed by atoms with Gasteiger partial charge in [-0.3, -0.25) is 10.00 Å². The van der Waals surface area contributed by atoms with Crippen LogP contribution in [0.15, 0.2) is 23.7 Å². The highest BCUT2D eigenvalue weighted by Gasteiger charge is 2.32. The molecule has 4 heterocycles. The fourth-order valence-electron chi connectivity index (χ4n) is 3.08. The van der Waals surface area contributed by atoms with Crippen LogP contribution in [0.2, 0.25) is 0 Å². The average molecular weight is 347 g/mol. The molecule has 0 radical (unpaired) electrons. The smallest absolute Gasteiger partial charge is 0.226 e. The Bertz CT molecular complexity index is 818. The lowest BCUT2D eigenvalue weighted by atomic mass is 10.2. The van der Waals surface area contributed by atoms with Crippen LogP contribution in [-0.4, -0.2) is 50.4 Å². The van der Waals surface area contributed by atoms with Gasteiger partial charge in [-0.25, -0.2) is 4.39 Å². The Balaban J connectivity index is 1.44. The summed E-state index contributed by atoms with van der Waals surface area (Å²) in [5.41, 5.74) is 6.50. The first-order valence-electron chi connectivity index (χ1n) is 7.80. The highest BCUT2D eigenvalue weighted by molar-refractivity contribution is 7.09. The van der Waals surface area contributed by atoms with E-state index in [9.17, 15) is 4.39 Å². The van der Waals surface area contributed by atoms with E-state index in [0.717, 1.165) is 6.54 Å². The maximum atomic E-state index is 13.9. The number of aromatic nitrogens is 4. The lowest BCUT2D eigenvalue weighted by Crippen LogP contribution is -2.34. The molecule has 3 aromatic heterocycles. The first-order valence-corrected chi connectivity index (χ1v) is 8.68. The fraction of sp³-hybridized carbons (Fsp3) is 0.400. The van der Waals surface area contributed by atoms with Crippen LogP contribution in [0, 0.1) is 0 Å². The molecular weight excluding hydrogens is 329 g/mol. The first kappa shape index (κ1) is 15.3. The van der Waals surface area contributed by atoms with E-state index >= 15 is 0 Å². The van der Waals surface area contributed by atoms with Crippen LogP contribution < -0.4 is 11.1 Å². The molecule has 1 aliphatic heterocycles. The standard InChI is InChI=1S/C15H18FN7S/c16-9-4-10(23(7-9)8-11-2-1-3-24-11)5-18-15-20-13(17)12-6-19-22-14(12)21-15/h1-3,6,9-10H,4-5,7-8H2,(H4,17,18,19,20,21,22)/t9-,10-/m0/s1. The van der Waals surface area contributed by atoms with Crippen molar-refractivity contribution < 1.29 is 4.39 Å². The van der Waals surface area contributed by atoms with E-state index in [0.29, 0.717) is 42.3 Å². The third-order valence-corrected chi connectivity index (χ3v) is 5.11. The van der Waals surface area contributed by atoms with Crippen LogP contribution in [0.4, 0.5) is 16.2 Å². The van der Waals surface area contributed by atoms with E-state index in [1.807, 2.05) is 11.4 Å². The topological polar surface area (TPSA) is 95.7 Å². The molecule has 1 aliphatic rings. The second-order valence-corrected chi connectivity index (χ2v) is 6.97. The molecule has 4 N–H and O–H groups in total. The van der Waals surface area contributed by atoms with Crippen LogP contribution in [-0.2, 0) is 6.54 Å². The van der Waals surface area contributed by atoms with E-state index in [1.165, 1.54) is 4.88 Å². The van der Waals surface area contributed by atoms with Crippen LogP contribution in [0.25, 0.3) is 11.0 Å². The van der Waals surface area contributed by atoms with E-state index in [-0.39, 0.29) is 6.04 Å². The van der Waals surface area contributed by atoms with Crippen molar-refractivity contribution in [3.8, 4) is 0 Å². The summed E-state index contributed by atoms with van der Waals surface area (Å²) in [6.45, 7) is 1.81. The second kappa shape index (κ2) is 6.33. The van der Waals surface area contributed by atoms with Crippen molar-refractivity contribution in [2.75, 3.05) is 24.1 Å². The van der Waals surface area contributed by atoms with Gasteiger partial charge >= 0.3 is 0 Å². The number of nitrogens with two attached hydrogens (primary N) is 1. The van der Waals surface area contributed by atoms with Gasteiger partial charge in [0.15, 0.2) is 5.65 Å². The Labute approximate surface area is 142 Å². The van der Waals surface area contributed by atoms with E-state index in [2.05, 4.69) is 36.4 Å². The average Bonchev–Trinajstić information content (AvgIpc) is 3.27. The van der Waals surface area contributed by atoms with Crippen LogP contribution in [0.3, 0.4) is 0 Å². The Morgan fingerprint density at radius 1 is 1.46 bits per heavy atom. The summed E-state index contributed by atoms with van der Waals surface area (Å²) in [5.74, 6) is 0.809. The van der Waals surface area contributed by atoms with Gasteiger partial charge < -0.3 is 11.1 Å². The zero-order valence-corrected chi connectivity index (χ0v) is 13.8. The van der Waals surface area contributed by atoms with Gasteiger partial charge in [-0.05, 0) is 17.9 Å². The highest BCUT2D eigenvalue weighted by Crippen LogP contribution is 2.25. The van der Waals surface area contributed by atoms with Crippen molar-refractivity contribution in [3.05, 3.63) is 28.6 Å². The molecule has 0 unspecified atom stereocenters. The van der Waals surface area contributed by atoms with Gasteiger partial charge in [0, 0.05) is 30.6 Å². The molecule has 0 amide bonds. The molecule has 3 aromatic rings. The maximum Gasteiger partial charge on any atom is 0.226 e. The Morgan fingerprint density at radius 3 is 3.21 bits per heavy atom. The minimum atomic E-state index is -0.794. The van der Waals surface area contributed by atoms with Crippen LogP contribution >= 0.6 is 11.3 Å².